The second kappa shape index (κ2) is 5.14. The van der Waals surface area contributed by atoms with Gasteiger partial charge in [-0.2, -0.15) is 0 Å². The Kier molecular flexibility index (Phi) is 3.58. The van der Waals surface area contributed by atoms with Crippen LogP contribution in [0.25, 0.3) is 0 Å². The number of aromatic nitrogens is 1. The number of carbonyl (C=O) groups is 1. The summed E-state index contributed by atoms with van der Waals surface area (Å²) >= 11 is 5.94. The lowest BCUT2D eigenvalue weighted by atomic mass is 10.2. The molecule has 5 heteroatoms. The van der Waals surface area contributed by atoms with Gasteiger partial charge in [-0.15, -0.1) is 0 Å². The standard InChI is InChI=1S/C13H10ClFN2O/c1-8-10(14)3-2-4-12(8)17-13(18)9-5-6-16-7-11(9)15/h2-7H,1H3,(H,17,18). The first kappa shape index (κ1) is 12.5. The van der Waals surface area contributed by atoms with E-state index in [-0.39, 0.29) is 5.56 Å². The molecule has 0 aliphatic carbocycles. The van der Waals surface area contributed by atoms with Crippen molar-refractivity contribution < 1.29 is 9.18 Å². The monoisotopic (exact) mass is 264 g/mol. The predicted octanol–water partition coefficient (Wildman–Crippen LogP) is 3.43. The summed E-state index contributed by atoms with van der Waals surface area (Å²) in [6, 6.07) is 6.47. The summed E-state index contributed by atoms with van der Waals surface area (Å²) in [5.74, 6) is -1.19. The smallest absolute Gasteiger partial charge is 0.258 e. The van der Waals surface area contributed by atoms with Crippen LogP contribution in [-0.4, -0.2) is 10.9 Å². The maximum atomic E-state index is 13.4. The molecule has 0 unspecified atom stereocenters. The van der Waals surface area contributed by atoms with Gasteiger partial charge in [0.15, 0.2) is 5.82 Å². The summed E-state index contributed by atoms with van der Waals surface area (Å²) in [6.45, 7) is 1.78. The van der Waals surface area contributed by atoms with Crippen LogP contribution in [0.1, 0.15) is 15.9 Å². The van der Waals surface area contributed by atoms with Gasteiger partial charge >= 0.3 is 0 Å². The highest BCUT2D eigenvalue weighted by molar-refractivity contribution is 6.31. The van der Waals surface area contributed by atoms with Crippen molar-refractivity contribution in [3.8, 4) is 0 Å². The summed E-state index contributed by atoms with van der Waals surface area (Å²) < 4.78 is 13.4. The maximum Gasteiger partial charge on any atom is 0.258 e. The van der Waals surface area contributed by atoms with Gasteiger partial charge in [0.1, 0.15) is 0 Å². The van der Waals surface area contributed by atoms with Gasteiger partial charge in [-0.3, -0.25) is 9.78 Å². The molecule has 0 fully saturated rings. The first-order valence-electron chi connectivity index (χ1n) is 5.25. The number of nitrogens with one attached hydrogen (secondary N) is 1. The van der Waals surface area contributed by atoms with Gasteiger partial charge in [-0.25, -0.2) is 4.39 Å². The van der Waals surface area contributed by atoms with E-state index in [1.807, 2.05) is 0 Å². The Balaban J connectivity index is 2.27. The van der Waals surface area contributed by atoms with Crippen LogP contribution < -0.4 is 5.32 Å². The van der Waals surface area contributed by atoms with Crippen LogP contribution in [0.5, 0.6) is 0 Å². The minimum absolute atomic E-state index is 0.0515. The van der Waals surface area contributed by atoms with E-state index in [1.165, 1.54) is 12.3 Å². The molecule has 0 saturated heterocycles. The fraction of sp³-hybridized carbons (Fsp3) is 0.0769. The highest BCUT2D eigenvalue weighted by Crippen LogP contribution is 2.23. The fourth-order valence-electron chi connectivity index (χ4n) is 1.49. The molecule has 0 atom stereocenters. The van der Waals surface area contributed by atoms with E-state index in [0.717, 1.165) is 11.8 Å². The molecule has 0 aliphatic heterocycles. The van der Waals surface area contributed by atoms with Crippen molar-refractivity contribution in [2.75, 3.05) is 5.32 Å². The van der Waals surface area contributed by atoms with E-state index in [9.17, 15) is 9.18 Å². The van der Waals surface area contributed by atoms with E-state index in [4.69, 9.17) is 11.6 Å². The number of halogens is 2. The molecular weight excluding hydrogens is 255 g/mol. The van der Waals surface area contributed by atoms with Crippen LogP contribution in [0, 0.1) is 12.7 Å². The van der Waals surface area contributed by atoms with Gasteiger partial charge in [0.05, 0.1) is 11.8 Å². The quantitative estimate of drug-likeness (QED) is 0.903. The van der Waals surface area contributed by atoms with Crippen LogP contribution in [0.2, 0.25) is 5.02 Å². The van der Waals surface area contributed by atoms with Crippen LogP contribution in [0.3, 0.4) is 0 Å². The van der Waals surface area contributed by atoms with E-state index in [2.05, 4.69) is 10.3 Å². The van der Waals surface area contributed by atoms with Gasteiger partial charge in [0.2, 0.25) is 0 Å². The topological polar surface area (TPSA) is 42.0 Å². The largest absolute Gasteiger partial charge is 0.322 e. The Hall–Kier alpha value is -1.94. The first-order chi connectivity index (χ1) is 8.59. The molecule has 0 radical (unpaired) electrons. The number of benzene rings is 1. The summed E-state index contributed by atoms with van der Waals surface area (Å²) in [7, 11) is 0. The maximum absolute atomic E-state index is 13.4. The Morgan fingerprint density at radius 2 is 2.17 bits per heavy atom. The van der Waals surface area contributed by atoms with Crippen LogP contribution >= 0.6 is 11.6 Å². The lowest BCUT2D eigenvalue weighted by Gasteiger charge is -2.09. The molecule has 3 nitrogen and oxygen atoms in total. The summed E-state index contributed by atoms with van der Waals surface area (Å²) in [5, 5.41) is 3.16. The van der Waals surface area contributed by atoms with Crippen LogP contribution in [0.15, 0.2) is 36.7 Å². The number of pyridine rings is 1. The molecule has 1 N–H and O–H groups in total. The average Bonchev–Trinajstić information content (AvgIpc) is 2.35. The van der Waals surface area contributed by atoms with E-state index >= 15 is 0 Å². The zero-order valence-corrected chi connectivity index (χ0v) is 10.3. The molecule has 0 aliphatic rings. The molecule has 2 aromatic rings. The minimum atomic E-state index is -0.658. The minimum Gasteiger partial charge on any atom is -0.322 e. The Morgan fingerprint density at radius 3 is 2.89 bits per heavy atom. The highest BCUT2D eigenvalue weighted by Gasteiger charge is 2.12. The Morgan fingerprint density at radius 1 is 1.39 bits per heavy atom. The SMILES string of the molecule is Cc1c(Cl)cccc1NC(=O)c1ccncc1F. The number of nitrogens with zero attached hydrogens (tertiary/aromatic N) is 1. The van der Waals surface area contributed by atoms with Gasteiger partial charge in [0, 0.05) is 16.9 Å². The van der Waals surface area contributed by atoms with E-state index in [0.29, 0.717) is 10.7 Å². The highest BCUT2D eigenvalue weighted by atomic mass is 35.5. The van der Waals surface area contributed by atoms with Crippen molar-refractivity contribution in [2.45, 2.75) is 6.92 Å². The summed E-state index contributed by atoms with van der Waals surface area (Å²) in [6.07, 6.45) is 2.36. The van der Waals surface area contributed by atoms with Crippen molar-refractivity contribution >= 4 is 23.2 Å². The molecule has 0 bridgehead atoms. The van der Waals surface area contributed by atoms with E-state index in [1.54, 1.807) is 25.1 Å². The zero-order valence-electron chi connectivity index (χ0n) is 9.58. The van der Waals surface area contributed by atoms with E-state index < -0.39 is 11.7 Å². The second-order valence-corrected chi connectivity index (χ2v) is 4.13. The number of hydrogen-bond acceptors (Lipinski definition) is 2. The van der Waals surface area contributed by atoms with Gasteiger partial charge < -0.3 is 5.32 Å². The van der Waals surface area contributed by atoms with Gasteiger partial charge in [-0.05, 0) is 30.7 Å². The molecule has 18 heavy (non-hydrogen) atoms. The average molecular weight is 265 g/mol. The molecule has 0 spiro atoms. The number of amides is 1. The molecule has 2 rings (SSSR count). The van der Waals surface area contributed by atoms with Crippen LogP contribution in [-0.2, 0) is 0 Å². The van der Waals surface area contributed by atoms with Crippen LogP contribution in [0.4, 0.5) is 10.1 Å². The van der Waals surface area contributed by atoms with Crippen molar-refractivity contribution in [3.63, 3.8) is 0 Å². The number of hydrogen-bond donors (Lipinski definition) is 1. The third kappa shape index (κ3) is 2.49. The number of anilines is 1. The van der Waals surface area contributed by atoms with Crippen molar-refractivity contribution in [1.29, 1.82) is 0 Å². The van der Waals surface area contributed by atoms with Crippen molar-refractivity contribution in [1.82, 2.24) is 4.98 Å². The van der Waals surface area contributed by atoms with Gasteiger partial charge in [-0.1, -0.05) is 17.7 Å². The molecule has 1 amide bonds. The number of rotatable bonds is 2. The first-order valence-corrected chi connectivity index (χ1v) is 5.63. The lowest BCUT2D eigenvalue weighted by molar-refractivity contribution is 0.102. The normalized spacial score (nSPS) is 10.2. The Bertz CT molecular complexity index is 601. The summed E-state index contributed by atoms with van der Waals surface area (Å²) in [4.78, 5) is 15.5. The Labute approximate surface area is 109 Å². The lowest BCUT2D eigenvalue weighted by Crippen LogP contribution is -2.14. The summed E-state index contributed by atoms with van der Waals surface area (Å²) in [5.41, 5.74) is 1.25. The fourth-order valence-corrected chi connectivity index (χ4v) is 1.67. The zero-order chi connectivity index (χ0) is 13.1. The predicted molar refractivity (Wildman–Crippen MR) is 68.3 cm³/mol. The molecular formula is C13H10ClFN2O. The molecule has 92 valence electrons. The molecule has 1 aromatic carbocycles. The number of carbonyl (C=O) groups excluding carboxylic acids is 1. The van der Waals surface area contributed by atoms with Crippen molar-refractivity contribution in [3.05, 3.63) is 58.6 Å². The molecule has 1 aromatic heterocycles. The third-order valence-corrected chi connectivity index (χ3v) is 2.94. The van der Waals surface area contributed by atoms with Gasteiger partial charge in [0.25, 0.3) is 5.91 Å². The van der Waals surface area contributed by atoms with Crippen molar-refractivity contribution in [2.24, 2.45) is 0 Å². The molecule has 1 heterocycles. The molecule has 0 saturated carbocycles. The second-order valence-electron chi connectivity index (χ2n) is 3.72. The third-order valence-electron chi connectivity index (χ3n) is 2.53.